The number of fused-ring (bicyclic) bond motifs is 3. The third kappa shape index (κ3) is 2.92. The van der Waals surface area contributed by atoms with E-state index < -0.39 is 0 Å². The molecule has 3 rings (SSSR count). The number of hydrogen-bond acceptors (Lipinski definition) is 5. The molecule has 1 amide bonds. The molecule has 5 nitrogen and oxygen atoms in total. The van der Waals surface area contributed by atoms with Gasteiger partial charge in [0.05, 0.1) is 5.39 Å². The lowest BCUT2D eigenvalue weighted by molar-refractivity contribution is -0.121. The zero-order valence-corrected chi connectivity index (χ0v) is 13.9. The van der Waals surface area contributed by atoms with E-state index in [1.165, 1.54) is 29.7 Å². The van der Waals surface area contributed by atoms with Crippen molar-refractivity contribution < 1.29 is 4.79 Å². The number of rotatable bonds is 4. The molecular formula is C16H22N4OS. The molecule has 0 saturated heterocycles. The van der Waals surface area contributed by atoms with Gasteiger partial charge in [-0.15, -0.1) is 11.3 Å². The van der Waals surface area contributed by atoms with Gasteiger partial charge in [0.1, 0.15) is 23.0 Å². The fourth-order valence-corrected chi connectivity index (χ4v) is 4.20. The Bertz CT molecular complexity index is 682. The van der Waals surface area contributed by atoms with Gasteiger partial charge in [-0.1, -0.05) is 6.42 Å². The SMILES string of the molecule is CCNC(=O)C(C)Nc1ncnc2sc3c(c12)CCCCC3. The van der Waals surface area contributed by atoms with Crippen molar-refractivity contribution in [1.29, 1.82) is 0 Å². The van der Waals surface area contributed by atoms with Gasteiger partial charge in [-0.2, -0.15) is 0 Å². The van der Waals surface area contributed by atoms with Gasteiger partial charge >= 0.3 is 0 Å². The number of carbonyl (C=O) groups excluding carboxylic acids is 1. The molecule has 118 valence electrons. The Balaban J connectivity index is 1.96. The molecule has 0 bridgehead atoms. The molecule has 2 aromatic heterocycles. The van der Waals surface area contributed by atoms with Crippen LogP contribution < -0.4 is 10.6 Å². The van der Waals surface area contributed by atoms with Crippen molar-refractivity contribution >= 4 is 33.3 Å². The van der Waals surface area contributed by atoms with E-state index in [2.05, 4.69) is 20.6 Å². The van der Waals surface area contributed by atoms with Crippen molar-refractivity contribution in [3.63, 3.8) is 0 Å². The van der Waals surface area contributed by atoms with Crippen LogP contribution in [0.2, 0.25) is 0 Å². The van der Waals surface area contributed by atoms with Crippen LogP contribution in [-0.4, -0.2) is 28.5 Å². The quantitative estimate of drug-likeness (QED) is 0.851. The van der Waals surface area contributed by atoms with Gasteiger partial charge in [-0.25, -0.2) is 9.97 Å². The first-order valence-corrected chi connectivity index (χ1v) is 8.81. The molecule has 1 aliphatic rings. The number of hydrogen-bond donors (Lipinski definition) is 2. The fourth-order valence-electron chi connectivity index (χ4n) is 2.97. The van der Waals surface area contributed by atoms with Crippen LogP contribution in [0, 0.1) is 0 Å². The van der Waals surface area contributed by atoms with E-state index in [1.54, 1.807) is 17.7 Å². The normalized spacial score (nSPS) is 15.9. The van der Waals surface area contributed by atoms with Gasteiger partial charge in [0.2, 0.25) is 5.91 Å². The van der Waals surface area contributed by atoms with Crippen LogP contribution >= 0.6 is 11.3 Å². The lowest BCUT2D eigenvalue weighted by atomic mass is 10.1. The Morgan fingerprint density at radius 2 is 2.14 bits per heavy atom. The Kier molecular flexibility index (Phi) is 4.57. The molecule has 0 aromatic carbocycles. The number of thiophene rings is 1. The van der Waals surface area contributed by atoms with Gasteiger partial charge in [0, 0.05) is 11.4 Å². The van der Waals surface area contributed by atoms with E-state index in [0.29, 0.717) is 6.54 Å². The highest BCUT2D eigenvalue weighted by molar-refractivity contribution is 7.18. The van der Waals surface area contributed by atoms with Crippen LogP contribution in [0.25, 0.3) is 10.2 Å². The predicted octanol–water partition coefficient (Wildman–Crippen LogP) is 2.90. The van der Waals surface area contributed by atoms with E-state index >= 15 is 0 Å². The molecule has 0 aliphatic heterocycles. The summed E-state index contributed by atoms with van der Waals surface area (Å²) in [5.41, 5.74) is 1.39. The first kappa shape index (κ1) is 15.2. The summed E-state index contributed by atoms with van der Waals surface area (Å²) >= 11 is 1.78. The van der Waals surface area contributed by atoms with Crippen molar-refractivity contribution in [1.82, 2.24) is 15.3 Å². The number of aromatic nitrogens is 2. The zero-order valence-electron chi connectivity index (χ0n) is 13.1. The standard InChI is InChI=1S/C16H22N4OS/c1-3-17-15(21)10(2)20-14-13-11-7-5-4-6-8-12(11)22-16(13)19-9-18-14/h9-10H,3-8H2,1-2H3,(H,17,21)(H,18,19,20). The number of aryl methyl sites for hydroxylation is 2. The summed E-state index contributed by atoms with van der Waals surface area (Å²) in [6, 6.07) is -0.306. The second-order valence-corrected chi connectivity index (χ2v) is 6.81. The van der Waals surface area contributed by atoms with Crippen LogP contribution in [0.15, 0.2) is 6.33 Å². The minimum atomic E-state index is -0.306. The van der Waals surface area contributed by atoms with Gasteiger partial charge in [0.25, 0.3) is 0 Å². The van der Waals surface area contributed by atoms with Crippen LogP contribution in [0.3, 0.4) is 0 Å². The van der Waals surface area contributed by atoms with Crippen LogP contribution in [0.1, 0.15) is 43.6 Å². The maximum absolute atomic E-state index is 12.0. The summed E-state index contributed by atoms with van der Waals surface area (Å²) in [7, 11) is 0. The summed E-state index contributed by atoms with van der Waals surface area (Å²) in [5, 5.41) is 7.23. The first-order valence-electron chi connectivity index (χ1n) is 8.00. The molecule has 0 saturated carbocycles. The summed E-state index contributed by atoms with van der Waals surface area (Å²) < 4.78 is 0. The number of likely N-dealkylation sites (N-methyl/N-ethyl adjacent to an activating group) is 1. The fraction of sp³-hybridized carbons (Fsp3) is 0.562. The minimum Gasteiger partial charge on any atom is -0.358 e. The topological polar surface area (TPSA) is 66.9 Å². The molecular weight excluding hydrogens is 296 g/mol. The number of carbonyl (C=O) groups is 1. The molecule has 22 heavy (non-hydrogen) atoms. The third-order valence-corrected chi connectivity index (χ3v) is 5.30. The molecule has 0 fully saturated rings. The molecule has 1 aliphatic carbocycles. The van der Waals surface area contributed by atoms with Gasteiger partial charge < -0.3 is 10.6 Å². The molecule has 1 unspecified atom stereocenters. The number of nitrogens with one attached hydrogen (secondary N) is 2. The average Bonchev–Trinajstić information content (AvgIpc) is 2.70. The Morgan fingerprint density at radius 3 is 2.95 bits per heavy atom. The van der Waals surface area contributed by atoms with E-state index in [9.17, 15) is 4.79 Å². The molecule has 0 spiro atoms. The van der Waals surface area contributed by atoms with Crippen molar-refractivity contribution in [3.05, 3.63) is 16.8 Å². The van der Waals surface area contributed by atoms with Crippen LogP contribution in [0.5, 0.6) is 0 Å². The van der Waals surface area contributed by atoms with Crippen LogP contribution in [-0.2, 0) is 17.6 Å². The van der Waals surface area contributed by atoms with Crippen molar-refractivity contribution in [2.75, 3.05) is 11.9 Å². The number of amides is 1. The first-order chi connectivity index (χ1) is 10.7. The van der Waals surface area contributed by atoms with Crippen LogP contribution in [0.4, 0.5) is 5.82 Å². The maximum Gasteiger partial charge on any atom is 0.242 e. The predicted molar refractivity (Wildman–Crippen MR) is 90.4 cm³/mol. The number of nitrogens with zero attached hydrogens (tertiary/aromatic N) is 2. The highest BCUT2D eigenvalue weighted by atomic mass is 32.1. The maximum atomic E-state index is 12.0. The Labute approximate surface area is 134 Å². The monoisotopic (exact) mass is 318 g/mol. The molecule has 0 radical (unpaired) electrons. The Morgan fingerprint density at radius 1 is 1.32 bits per heavy atom. The second-order valence-electron chi connectivity index (χ2n) is 5.73. The molecule has 2 N–H and O–H groups in total. The lowest BCUT2D eigenvalue weighted by Crippen LogP contribution is -2.37. The Hall–Kier alpha value is -1.69. The van der Waals surface area contributed by atoms with E-state index in [4.69, 9.17) is 0 Å². The molecule has 1 atom stereocenters. The molecule has 6 heteroatoms. The van der Waals surface area contributed by atoms with Crippen molar-refractivity contribution in [3.8, 4) is 0 Å². The summed E-state index contributed by atoms with van der Waals surface area (Å²) in [6.45, 7) is 4.42. The highest BCUT2D eigenvalue weighted by Crippen LogP contribution is 2.37. The van der Waals surface area contributed by atoms with Crippen molar-refractivity contribution in [2.24, 2.45) is 0 Å². The van der Waals surface area contributed by atoms with Crippen molar-refractivity contribution in [2.45, 2.75) is 52.0 Å². The number of anilines is 1. The zero-order chi connectivity index (χ0) is 15.5. The van der Waals surface area contributed by atoms with E-state index in [0.717, 1.165) is 28.9 Å². The average molecular weight is 318 g/mol. The second kappa shape index (κ2) is 6.60. The molecule has 2 heterocycles. The van der Waals surface area contributed by atoms with Gasteiger partial charge in [0.15, 0.2) is 0 Å². The van der Waals surface area contributed by atoms with E-state index in [1.807, 2.05) is 13.8 Å². The lowest BCUT2D eigenvalue weighted by Gasteiger charge is -2.15. The highest BCUT2D eigenvalue weighted by Gasteiger charge is 2.21. The molecule has 2 aromatic rings. The van der Waals surface area contributed by atoms with E-state index in [-0.39, 0.29) is 11.9 Å². The summed E-state index contributed by atoms with van der Waals surface area (Å²) in [5.74, 6) is 0.790. The largest absolute Gasteiger partial charge is 0.358 e. The summed E-state index contributed by atoms with van der Waals surface area (Å²) in [4.78, 5) is 23.3. The summed E-state index contributed by atoms with van der Waals surface area (Å²) in [6.07, 6.45) is 7.58. The minimum absolute atomic E-state index is 0.00409. The third-order valence-electron chi connectivity index (χ3n) is 4.10. The van der Waals surface area contributed by atoms with Gasteiger partial charge in [-0.3, -0.25) is 4.79 Å². The van der Waals surface area contributed by atoms with Gasteiger partial charge in [-0.05, 0) is 45.1 Å². The smallest absolute Gasteiger partial charge is 0.242 e.